The molecule has 6 heteroatoms. The third-order valence-electron chi connectivity index (χ3n) is 4.76. The molecule has 0 heterocycles. The van der Waals surface area contributed by atoms with Gasteiger partial charge in [0, 0.05) is 16.2 Å². The van der Waals surface area contributed by atoms with Gasteiger partial charge in [-0.3, -0.25) is 4.79 Å². The summed E-state index contributed by atoms with van der Waals surface area (Å²) in [4.78, 5) is 22.2. The number of rotatable bonds is 4. The fourth-order valence-electron chi connectivity index (χ4n) is 3.31. The van der Waals surface area contributed by atoms with Crippen LogP contribution >= 0.6 is 43.5 Å². The topological polar surface area (TPSA) is 54.4 Å². The Morgan fingerprint density at radius 1 is 0.667 bits per heavy atom. The molecule has 0 radical (unpaired) electrons. The van der Waals surface area contributed by atoms with Crippen LogP contribution in [0.5, 0.6) is 0 Å². The molecular weight excluding hydrogens is 532 g/mol. The van der Waals surface area contributed by atoms with Crippen LogP contribution in [-0.2, 0) is 10.7 Å². The molecule has 0 fully saturated rings. The second-order valence-corrected chi connectivity index (χ2v) is 7.95. The zero-order valence-electron chi connectivity index (χ0n) is 15.7. The summed E-state index contributed by atoms with van der Waals surface area (Å²) >= 11 is 12.3. The smallest absolute Gasteiger partial charge is 0.336 e. The fraction of sp³-hybridized carbons (Fsp3) is 0.0833. The van der Waals surface area contributed by atoms with Crippen molar-refractivity contribution in [3.05, 3.63) is 95.1 Å². The van der Waals surface area contributed by atoms with E-state index in [-0.39, 0.29) is 0 Å². The number of benzene rings is 4. The zero-order chi connectivity index (χ0) is 21.7. The molecule has 4 aromatic carbocycles. The van der Waals surface area contributed by atoms with Crippen molar-refractivity contribution >= 4 is 76.2 Å². The van der Waals surface area contributed by atoms with Crippen LogP contribution in [0.1, 0.15) is 31.8 Å². The fourth-order valence-corrected chi connectivity index (χ4v) is 4.46. The second-order valence-electron chi connectivity index (χ2n) is 6.48. The van der Waals surface area contributed by atoms with Crippen LogP contribution in [0.4, 0.5) is 0 Å². The second kappa shape index (κ2) is 10.2. The molecule has 0 bridgehead atoms. The number of hydrogen-bond acceptors (Lipinski definition) is 2. The third kappa shape index (κ3) is 4.75. The largest absolute Gasteiger partial charge is 0.478 e. The number of hydrogen-bond donors (Lipinski definition) is 1. The van der Waals surface area contributed by atoms with Crippen molar-refractivity contribution in [3.8, 4) is 0 Å². The Bertz CT molecular complexity index is 1140. The summed E-state index contributed by atoms with van der Waals surface area (Å²) in [5.41, 5.74) is 3.19. The molecule has 4 rings (SSSR count). The standard InChI is InChI=1S/C12H8BrClO.C12H9BrO2/c2*13-7-8-5-6-11(12(14)15)10-4-2-1-3-9(8)10/h1-6H,7H2;1-6H,7H2,(H,14,15). The molecule has 0 spiro atoms. The van der Waals surface area contributed by atoms with E-state index in [9.17, 15) is 9.59 Å². The highest BCUT2D eigenvalue weighted by Crippen LogP contribution is 2.26. The first-order chi connectivity index (χ1) is 14.5. The molecule has 0 aliphatic rings. The Kier molecular flexibility index (Phi) is 7.64. The maximum absolute atomic E-state index is 11.2. The van der Waals surface area contributed by atoms with Crippen LogP contribution in [0.2, 0.25) is 0 Å². The SMILES string of the molecule is O=C(Cl)c1ccc(CBr)c2ccccc12.O=C(O)c1ccc(CBr)c2ccccc12. The van der Waals surface area contributed by atoms with Gasteiger partial charge < -0.3 is 5.11 Å². The van der Waals surface area contributed by atoms with Gasteiger partial charge in [0.1, 0.15) is 0 Å². The molecule has 0 amide bonds. The monoisotopic (exact) mass is 546 g/mol. The first kappa shape index (κ1) is 22.5. The van der Waals surface area contributed by atoms with Crippen LogP contribution in [-0.4, -0.2) is 16.3 Å². The van der Waals surface area contributed by atoms with E-state index in [2.05, 4.69) is 31.9 Å². The van der Waals surface area contributed by atoms with Gasteiger partial charge in [0.2, 0.25) is 0 Å². The highest BCUT2D eigenvalue weighted by Gasteiger charge is 2.10. The van der Waals surface area contributed by atoms with Crippen molar-refractivity contribution in [1.29, 1.82) is 0 Å². The average molecular weight is 549 g/mol. The van der Waals surface area contributed by atoms with Crippen molar-refractivity contribution in [1.82, 2.24) is 0 Å². The maximum Gasteiger partial charge on any atom is 0.336 e. The summed E-state index contributed by atoms with van der Waals surface area (Å²) in [5.74, 6) is -0.882. The van der Waals surface area contributed by atoms with E-state index in [0.29, 0.717) is 11.1 Å². The summed E-state index contributed by atoms with van der Waals surface area (Å²) in [6.45, 7) is 0. The number of carbonyl (C=O) groups excluding carboxylic acids is 1. The number of fused-ring (bicyclic) bond motifs is 2. The molecule has 0 unspecified atom stereocenters. The number of alkyl halides is 2. The van der Waals surface area contributed by atoms with Crippen molar-refractivity contribution in [2.45, 2.75) is 10.7 Å². The van der Waals surface area contributed by atoms with Crippen molar-refractivity contribution in [2.24, 2.45) is 0 Å². The van der Waals surface area contributed by atoms with Crippen molar-refractivity contribution in [2.75, 3.05) is 0 Å². The molecule has 0 saturated heterocycles. The van der Waals surface area contributed by atoms with E-state index in [1.165, 1.54) is 0 Å². The maximum atomic E-state index is 11.2. The van der Waals surface area contributed by atoms with E-state index < -0.39 is 11.2 Å². The van der Waals surface area contributed by atoms with Gasteiger partial charge >= 0.3 is 5.97 Å². The summed E-state index contributed by atoms with van der Waals surface area (Å²) in [6, 6.07) is 22.5. The minimum Gasteiger partial charge on any atom is -0.478 e. The van der Waals surface area contributed by atoms with Gasteiger partial charge in [-0.2, -0.15) is 0 Å². The number of aromatic carboxylic acids is 1. The van der Waals surface area contributed by atoms with E-state index in [1.807, 2.05) is 60.7 Å². The number of carbonyl (C=O) groups is 2. The van der Waals surface area contributed by atoms with Gasteiger partial charge in [-0.25, -0.2) is 4.79 Å². The molecule has 1 N–H and O–H groups in total. The molecule has 152 valence electrons. The molecular formula is C24H17Br2ClO3. The molecule has 0 aliphatic carbocycles. The first-order valence-corrected chi connectivity index (χ1v) is 11.7. The predicted octanol–water partition coefficient (Wildman–Crippen LogP) is 7.55. The summed E-state index contributed by atoms with van der Waals surface area (Å²) in [5, 5.41) is 13.9. The Labute approximate surface area is 195 Å². The minimum absolute atomic E-state index is 0.357. The molecule has 4 aromatic rings. The Morgan fingerprint density at radius 3 is 1.47 bits per heavy atom. The Morgan fingerprint density at radius 2 is 1.07 bits per heavy atom. The Balaban J connectivity index is 0.000000171. The molecule has 0 aliphatic heterocycles. The van der Waals surface area contributed by atoms with Gasteiger partial charge in [-0.1, -0.05) is 92.5 Å². The van der Waals surface area contributed by atoms with Crippen LogP contribution < -0.4 is 0 Å². The number of carboxylic acid groups (broad SMARTS) is 1. The van der Waals surface area contributed by atoms with E-state index in [1.54, 1.807) is 12.1 Å². The molecule has 30 heavy (non-hydrogen) atoms. The van der Waals surface area contributed by atoms with Crippen LogP contribution in [0, 0.1) is 0 Å². The van der Waals surface area contributed by atoms with E-state index >= 15 is 0 Å². The van der Waals surface area contributed by atoms with Crippen LogP contribution in [0.15, 0.2) is 72.8 Å². The summed E-state index contributed by atoms with van der Waals surface area (Å²) in [7, 11) is 0. The van der Waals surface area contributed by atoms with E-state index in [4.69, 9.17) is 16.7 Å². The Hall–Kier alpha value is -2.21. The van der Waals surface area contributed by atoms with Gasteiger partial charge in [0.25, 0.3) is 5.24 Å². The van der Waals surface area contributed by atoms with Crippen LogP contribution in [0.25, 0.3) is 21.5 Å². The molecule has 0 atom stereocenters. The predicted molar refractivity (Wildman–Crippen MR) is 130 cm³/mol. The van der Waals surface area contributed by atoms with Crippen molar-refractivity contribution in [3.63, 3.8) is 0 Å². The van der Waals surface area contributed by atoms with Gasteiger partial charge in [0.15, 0.2) is 0 Å². The highest BCUT2D eigenvalue weighted by atomic mass is 79.9. The number of carboxylic acids is 1. The third-order valence-corrected chi connectivity index (χ3v) is 6.17. The van der Waals surface area contributed by atoms with Gasteiger partial charge in [0.05, 0.1) is 5.56 Å². The molecule has 3 nitrogen and oxygen atoms in total. The molecule has 0 aromatic heterocycles. The number of halogens is 3. The van der Waals surface area contributed by atoms with Crippen LogP contribution in [0.3, 0.4) is 0 Å². The first-order valence-electron chi connectivity index (χ1n) is 9.04. The summed E-state index contributed by atoms with van der Waals surface area (Å²) < 4.78 is 0. The van der Waals surface area contributed by atoms with Crippen molar-refractivity contribution < 1.29 is 14.7 Å². The van der Waals surface area contributed by atoms with Gasteiger partial charge in [-0.05, 0) is 56.4 Å². The average Bonchev–Trinajstić information content (AvgIpc) is 2.77. The van der Waals surface area contributed by atoms with Gasteiger partial charge in [-0.15, -0.1) is 0 Å². The lowest BCUT2D eigenvalue weighted by Gasteiger charge is -2.06. The lowest BCUT2D eigenvalue weighted by molar-refractivity contribution is 0.0699. The lowest BCUT2D eigenvalue weighted by atomic mass is 10.0. The molecule has 0 saturated carbocycles. The quantitative estimate of drug-likeness (QED) is 0.212. The minimum atomic E-state index is -0.882. The highest BCUT2D eigenvalue weighted by molar-refractivity contribution is 9.08. The van der Waals surface area contributed by atoms with E-state index in [0.717, 1.165) is 43.3 Å². The summed E-state index contributed by atoms with van der Waals surface area (Å²) in [6.07, 6.45) is 0. The lowest BCUT2D eigenvalue weighted by Crippen LogP contribution is -1.98. The zero-order valence-corrected chi connectivity index (χ0v) is 19.7. The normalized spacial score (nSPS) is 10.5.